The standard InChI is InChI=1S/C21H18N4OS/c1-2-4-15-14(3-1)23-20(24-15)12-5-7-16-18(9-12)26-21(25-16)13-6-8-17-19(10-13)27-11-22-17/h1-10,20-25H,11H2. The van der Waals surface area contributed by atoms with Crippen molar-refractivity contribution in [1.82, 2.24) is 0 Å². The lowest BCUT2D eigenvalue weighted by Crippen LogP contribution is -2.11. The number of anilines is 4. The Bertz CT molecular complexity index is 1030. The van der Waals surface area contributed by atoms with Gasteiger partial charge in [-0.3, -0.25) is 0 Å². The Kier molecular flexibility index (Phi) is 3.22. The van der Waals surface area contributed by atoms with E-state index in [0.29, 0.717) is 0 Å². The van der Waals surface area contributed by atoms with E-state index in [1.54, 1.807) is 0 Å². The number of hydrogen-bond donors (Lipinski definition) is 4. The minimum Gasteiger partial charge on any atom is -0.464 e. The van der Waals surface area contributed by atoms with E-state index in [1.165, 1.54) is 10.6 Å². The summed E-state index contributed by atoms with van der Waals surface area (Å²) in [5.74, 6) is 1.83. The van der Waals surface area contributed by atoms with Gasteiger partial charge < -0.3 is 26.0 Å². The van der Waals surface area contributed by atoms with E-state index < -0.39 is 0 Å². The molecule has 134 valence electrons. The summed E-state index contributed by atoms with van der Waals surface area (Å²) < 4.78 is 6.23. The molecule has 0 bridgehead atoms. The molecule has 0 spiro atoms. The van der Waals surface area contributed by atoms with E-state index in [1.807, 2.05) is 23.9 Å². The van der Waals surface area contributed by atoms with Crippen LogP contribution >= 0.6 is 11.8 Å². The van der Waals surface area contributed by atoms with Gasteiger partial charge >= 0.3 is 0 Å². The fraction of sp³-hybridized carbons (Fsp3) is 0.143. The molecule has 3 heterocycles. The Balaban J connectivity index is 1.25. The van der Waals surface area contributed by atoms with Crippen molar-refractivity contribution >= 4 is 34.5 Å². The quantitative estimate of drug-likeness (QED) is 0.495. The number of para-hydroxylation sites is 2. The third kappa shape index (κ3) is 2.48. The largest absolute Gasteiger partial charge is 0.464 e. The van der Waals surface area contributed by atoms with Gasteiger partial charge in [-0.25, -0.2) is 0 Å². The van der Waals surface area contributed by atoms with E-state index in [0.717, 1.165) is 39.8 Å². The van der Waals surface area contributed by atoms with Crippen molar-refractivity contribution in [3.63, 3.8) is 0 Å². The van der Waals surface area contributed by atoms with Gasteiger partial charge in [-0.1, -0.05) is 24.3 Å². The molecule has 0 fully saturated rings. The molecule has 0 aromatic heterocycles. The van der Waals surface area contributed by atoms with Crippen LogP contribution in [0.25, 0.3) is 0 Å². The highest BCUT2D eigenvalue weighted by molar-refractivity contribution is 7.99. The van der Waals surface area contributed by atoms with E-state index in [2.05, 4.69) is 69.8 Å². The molecule has 6 heteroatoms. The molecule has 27 heavy (non-hydrogen) atoms. The van der Waals surface area contributed by atoms with Gasteiger partial charge in [-0.2, -0.15) is 0 Å². The van der Waals surface area contributed by atoms with Gasteiger partial charge in [0.1, 0.15) is 11.9 Å². The first-order chi connectivity index (χ1) is 13.3. The van der Waals surface area contributed by atoms with Crippen molar-refractivity contribution in [1.29, 1.82) is 0 Å². The average molecular weight is 374 g/mol. The smallest absolute Gasteiger partial charge is 0.196 e. The molecule has 0 amide bonds. The van der Waals surface area contributed by atoms with Gasteiger partial charge in [-0.05, 0) is 42.0 Å². The summed E-state index contributed by atoms with van der Waals surface area (Å²) in [4.78, 5) is 1.28. The predicted octanol–water partition coefficient (Wildman–Crippen LogP) is 5.20. The van der Waals surface area contributed by atoms with Gasteiger partial charge in [-0.15, -0.1) is 11.8 Å². The van der Waals surface area contributed by atoms with Crippen LogP contribution in [0.5, 0.6) is 5.75 Å². The molecule has 3 aromatic rings. The number of benzene rings is 3. The van der Waals surface area contributed by atoms with Gasteiger partial charge in [0.2, 0.25) is 0 Å². The van der Waals surface area contributed by atoms with Crippen LogP contribution in [-0.4, -0.2) is 5.88 Å². The molecule has 0 saturated heterocycles. The Morgan fingerprint density at radius 2 is 1.56 bits per heavy atom. The van der Waals surface area contributed by atoms with Crippen LogP contribution in [0.2, 0.25) is 0 Å². The molecule has 0 saturated carbocycles. The minimum atomic E-state index is -0.150. The van der Waals surface area contributed by atoms with Crippen LogP contribution in [0.15, 0.2) is 65.6 Å². The molecule has 1 atom stereocenters. The molecule has 1 unspecified atom stereocenters. The normalized spacial score (nSPS) is 19.0. The first-order valence-electron chi connectivity index (χ1n) is 9.03. The second-order valence-electron chi connectivity index (χ2n) is 6.89. The van der Waals surface area contributed by atoms with Crippen LogP contribution in [0.3, 0.4) is 0 Å². The molecular formula is C21H18N4OS. The van der Waals surface area contributed by atoms with Gasteiger partial charge in [0.05, 0.1) is 22.9 Å². The topological polar surface area (TPSA) is 57.4 Å². The number of fused-ring (bicyclic) bond motifs is 3. The maximum Gasteiger partial charge on any atom is 0.196 e. The van der Waals surface area contributed by atoms with Crippen molar-refractivity contribution in [3.8, 4) is 5.75 Å². The monoisotopic (exact) mass is 374 g/mol. The molecule has 6 rings (SSSR count). The molecule has 4 N–H and O–H groups in total. The Morgan fingerprint density at radius 3 is 2.41 bits per heavy atom. The predicted molar refractivity (Wildman–Crippen MR) is 111 cm³/mol. The summed E-state index contributed by atoms with van der Waals surface area (Å²) >= 11 is 1.83. The number of thioether (sulfide) groups is 1. The zero-order chi connectivity index (χ0) is 17.8. The van der Waals surface area contributed by atoms with Crippen LogP contribution in [0.4, 0.5) is 22.7 Å². The summed E-state index contributed by atoms with van der Waals surface area (Å²) in [6.45, 7) is 0. The number of hydrogen-bond acceptors (Lipinski definition) is 6. The SMILES string of the molecule is c1ccc2c(c1)NC(c1ccc3c(c1)OC(c1ccc4c(c1)SCN4)N3)N2. The molecule has 0 radical (unpaired) electrons. The fourth-order valence-corrected chi connectivity index (χ4v) is 4.69. The van der Waals surface area contributed by atoms with Crippen LogP contribution in [0.1, 0.15) is 23.5 Å². The van der Waals surface area contributed by atoms with Crippen LogP contribution in [-0.2, 0) is 0 Å². The third-order valence-corrected chi connectivity index (χ3v) is 6.13. The van der Waals surface area contributed by atoms with Crippen molar-refractivity contribution in [3.05, 3.63) is 71.8 Å². The zero-order valence-electron chi connectivity index (χ0n) is 14.5. The molecule has 0 aliphatic carbocycles. The summed E-state index contributed by atoms with van der Waals surface area (Å²) in [6, 6.07) is 21.1. The van der Waals surface area contributed by atoms with E-state index in [-0.39, 0.29) is 12.4 Å². The zero-order valence-corrected chi connectivity index (χ0v) is 15.3. The summed E-state index contributed by atoms with van der Waals surface area (Å²) in [7, 11) is 0. The van der Waals surface area contributed by atoms with E-state index in [4.69, 9.17) is 4.74 Å². The lowest BCUT2D eigenvalue weighted by Gasteiger charge is -2.14. The Hall–Kier alpha value is -2.99. The maximum atomic E-state index is 6.23. The molecule has 5 nitrogen and oxygen atoms in total. The van der Waals surface area contributed by atoms with Crippen molar-refractivity contribution in [2.45, 2.75) is 17.3 Å². The second kappa shape index (κ2) is 5.76. The van der Waals surface area contributed by atoms with Gasteiger partial charge in [0.25, 0.3) is 0 Å². The molecule has 3 aliphatic heterocycles. The lowest BCUT2D eigenvalue weighted by atomic mass is 10.1. The Labute approximate surface area is 161 Å². The maximum absolute atomic E-state index is 6.23. The van der Waals surface area contributed by atoms with Gasteiger partial charge in [0, 0.05) is 16.1 Å². The van der Waals surface area contributed by atoms with Crippen molar-refractivity contribution < 1.29 is 4.74 Å². The fourth-order valence-electron chi connectivity index (χ4n) is 3.79. The summed E-state index contributed by atoms with van der Waals surface area (Å²) in [6.07, 6.45) is -0.0961. The molecular weight excluding hydrogens is 356 g/mol. The number of ether oxygens (including phenoxy) is 1. The van der Waals surface area contributed by atoms with Crippen molar-refractivity contribution in [2.75, 3.05) is 27.1 Å². The molecule has 3 aromatic carbocycles. The molecule has 3 aliphatic rings. The van der Waals surface area contributed by atoms with Crippen LogP contribution in [0, 0.1) is 0 Å². The first kappa shape index (κ1) is 15.1. The Morgan fingerprint density at radius 1 is 0.778 bits per heavy atom. The minimum absolute atomic E-state index is 0.0535. The second-order valence-corrected chi connectivity index (χ2v) is 7.90. The summed E-state index contributed by atoms with van der Waals surface area (Å²) in [5, 5.41) is 13.9. The van der Waals surface area contributed by atoms with Crippen molar-refractivity contribution in [2.24, 2.45) is 0 Å². The van der Waals surface area contributed by atoms with E-state index >= 15 is 0 Å². The number of nitrogens with one attached hydrogen (secondary N) is 4. The highest BCUT2D eigenvalue weighted by Gasteiger charge is 2.27. The number of rotatable bonds is 2. The highest BCUT2D eigenvalue weighted by Crippen LogP contribution is 2.43. The lowest BCUT2D eigenvalue weighted by molar-refractivity contribution is 0.259. The van der Waals surface area contributed by atoms with Gasteiger partial charge in [0.15, 0.2) is 6.23 Å². The average Bonchev–Trinajstić information content (AvgIpc) is 3.42. The van der Waals surface area contributed by atoms with E-state index in [9.17, 15) is 0 Å². The summed E-state index contributed by atoms with van der Waals surface area (Å²) in [5.41, 5.74) is 6.80. The highest BCUT2D eigenvalue weighted by atomic mass is 32.2. The first-order valence-corrected chi connectivity index (χ1v) is 10.0. The van der Waals surface area contributed by atoms with Crippen LogP contribution < -0.4 is 26.0 Å². The third-order valence-electron chi connectivity index (χ3n) is 5.20.